The van der Waals surface area contributed by atoms with Crippen molar-refractivity contribution in [2.45, 2.75) is 24.3 Å². The molecule has 1 aliphatic rings. The Labute approximate surface area is 181 Å². The molecule has 0 radical (unpaired) electrons. The predicted molar refractivity (Wildman–Crippen MR) is 118 cm³/mol. The van der Waals surface area contributed by atoms with E-state index in [1.54, 1.807) is 34.8 Å². The Bertz CT molecular complexity index is 979. The van der Waals surface area contributed by atoms with Crippen molar-refractivity contribution in [2.24, 2.45) is 0 Å². The van der Waals surface area contributed by atoms with Gasteiger partial charge in [0.15, 0.2) is 0 Å². The van der Waals surface area contributed by atoms with Crippen LogP contribution in [0.25, 0.3) is 9.88 Å². The molecule has 3 heterocycles. The highest BCUT2D eigenvalue weighted by molar-refractivity contribution is 8.00. The van der Waals surface area contributed by atoms with E-state index in [-0.39, 0.29) is 12.5 Å². The van der Waals surface area contributed by atoms with Crippen LogP contribution < -0.4 is 0 Å². The fraction of sp³-hybridized carbons (Fsp3) is 0.286. The summed E-state index contributed by atoms with van der Waals surface area (Å²) < 4.78 is 5.49. The molecule has 1 fully saturated rings. The molecule has 0 spiro atoms. The van der Waals surface area contributed by atoms with Crippen LogP contribution in [0.4, 0.5) is 0 Å². The van der Waals surface area contributed by atoms with E-state index in [0.29, 0.717) is 11.3 Å². The van der Waals surface area contributed by atoms with E-state index in [1.165, 1.54) is 11.8 Å². The number of carbonyl (C=O) groups is 2. The number of rotatable bonds is 7. The third kappa shape index (κ3) is 5.07. The SMILES string of the molecule is O=C(OCc1csc(-c2cccs2)n1)c1ccccc1SCC(=O)N1CCCC1. The number of thiazole rings is 1. The van der Waals surface area contributed by atoms with Crippen LogP contribution in [-0.2, 0) is 16.1 Å². The van der Waals surface area contributed by atoms with Crippen LogP contribution in [0.5, 0.6) is 0 Å². The van der Waals surface area contributed by atoms with Gasteiger partial charge >= 0.3 is 5.97 Å². The third-order valence-electron chi connectivity index (χ3n) is 4.55. The van der Waals surface area contributed by atoms with Gasteiger partial charge in [0.2, 0.25) is 5.91 Å². The maximum atomic E-state index is 12.6. The molecule has 5 nitrogen and oxygen atoms in total. The van der Waals surface area contributed by atoms with Crippen LogP contribution in [-0.4, -0.2) is 40.6 Å². The summed E-state index contributed by atoms with van der Waals surface area (Å²) in [5, 5.41) is 4.86. The number of nitrogens with zero attached hydrogens (tertiary/aromatic N) is 2. The third-order valence-corrected chi connectivity index (χ3v) is 7.54. The minimum absolute atomic E-state index is 0.124. The van der Waals surface area contributed by atoms with Gasteiger partial charge in [-0.15, -0.1) is 34.4 Å². The smallest absolute Gasteiger partial charge is 0.339 e. The van der Waals surface area contributed by atoms with Crippen molar-refractivity contribution >= 4 is 46.3 Å². The number of thioether (sulfide) groups is 1. The zero-order chi connectivity index (χ0) is 20.1. The van der Waals surface area contributed by atoms with Gasteiger partial charge in [-0.2, -0.15) is 0 Å². The van der Waals surface area contributed by atoms with Crippen LogP contribution in [0, 0.1) is 0 Å². The summed E-state index contributed by atoms with van der Waals surface area (Å²) in [5.41, 5.74) is 1.22. The van der Waals surface area contributed by atoms with E-state index < -0.39 is 5.97 Å². The monoisotopic (exact) mass is 444 g/mol. The minimum atomic E-state index is -0.396. The molecule has 0 atom stereocenters. The summed E-state index contributed by atoms with van der Waals surface area (Å²) in [5.74, 6) is 0.0623. The number of esters is 1. The minimum Gasteiger partial charge on any atom is -0.456 e. The maximum Gasteiger partial charge on any atom is 0.339 e. The number of hydrogen-bond donors (Lipinski definition) is 0. The van der Waals surface area contributed by atoms with Gasteiger partial charge in [0.05, 0.1) is 21.9 Å². The number of aromatic nitrogens is 1. The summed E-state index contributed by atoms with van der Waals surface area (Å²) in [7, 11) is 0. The molecule has 1 aliphatic heterocycles. The molecule has 0 saturated carbocycles. The fourth-order valence-corrected chi connectivity index (χ4v) is 5.62. The van der Waals surface area contributed by atoms with Crippen molar-refractivity contribution in [3.05, 3.63) is 58.4 Å². The highest BCUT2D eigenvalue weighted by Gasteiger charge is 2.20. The second kappa shape index (κ2) is 9.56. The van der Waals surface area contributed by atoms with E-state index in [1.807, 2.05) is 39.9 Å². The van der Waals surface area contributed by atoms with Crippen molar-refractivity contribution in [3.8, 4) is 9.88 Å². The van der Waals surface area contributed by atoms with Crippen LogP contribution >= 0.6 is 34.4 Å². The Kier molecular flexibility index (Phi) is 6.63. The Morgan fingerprint density at radius 3 is 2.72 bits per heavy atom. The average molecular weight is 445 g/mol. The van der Waals surface area contributed by atoms with Crippen molar-refractivity contribution in [1.82, 2.24) is 9.88 Å². The van der Waals surface area contributed by atoms with Gasteiger partial charge in [-0.1, -0.05) is 18.2 Å². The average Bonchev–Trinajstić information content (AvgIpc) is 3.51. The lowest BCUT2D eigenvalue weighted by Gasteiger charge is -2.15. The number of benzene rings is 1. The highest BCUT2D eigenvalue weighted by Crippen LogP contribution is 2.28. The molecule has 0 bridgehead atoms. The molecule has 8 heteroatoms. The molecule has 1 saturated heterocycles. The van der Waals surface area contributed by atoms with Gasteiger partial charge in [-0.3, -0.25) is 4.79 Å². The highest BCUT2D eigenvalue weighted by atomic mass is 32.2. The molecule has 0 N–H and O–H groups in total. The second-order valence-corrected chi connectivity index (χ2v) is 9.39. The van der Waals surface area contributed by atoms with Gasteiger partial charge in [0.1, 0.15) is 11.6 Å². The predicted octanol–water partition coefficient (Wildman–Crippen LogP) is 4.94. The molecule has 150 valence electrons. The molecule has 4 rings (SSSR count). The lowest BCUT2D eigenvalue weighted by Crippen LogP contribution is -2.29. The zero-order valence-electron chi connectivity index (χ0n) is 15.7. The van der Waals surface area contributed by atoms with E-state index in [0.717, 1.165) is 46.4 Å². The van der Waals surface area contributed by atoms with E-state index in [4.69, 9.17) is 4.74 Å². The maximum absolute atomic E-state index is 12.6. The van der Waals surface area contributed by atoms with Crippen LogP contribution in [0.2, 0.25) is 0 Å². The Morgan fingerprint density at radius 2 is 1.93 bits per heavy atom. The zero-order valence-corrected chi connectivity index (χ0v) is 18.2. The summed E-state index contributed by atoms with van der Waals surface area (Å²) in [6.07, 6.45) is 2.15. The van der Waals surface area contributed by atoms with Crippen molar-refractivity contribution in [1.29, 1.82) is 0 Å². The molecule has 29 heavy (non-hydrogen) atoms. The van der Waals surface area contributed by atoms with Crippen LogP contribution in [0.1, 0.15) is 28.9 Å². The first-order valence-corrected chi connectivity index (χ1v) is 12.1. The second-order valence-electron chi connectivity index (χ2n) is 6.57. The summed E-state index contributed by atoms with van der Waals surface area (Å²) in [4.78, 5) is 33.2. The molecule has 3 aromatic rings. The molecule has 1 amide bonds. The first-order valence-electron chi connectivity index (χ1n) is 9.36. The van der Waals surface area contributed by atoms with Gasteiger partial charge in [-0.25, -0.2) is 9.78 Å². The number of likely N-dealkylation sites (tertiary alicyclic amines) is 1. The lowest BCUT2D eigenvalue weighted by atomic mass is 10.2. The van der Waals surface area contributed by atoms with Gasteiger partial charge in [0, 0.05) is 23.4 Å². The molecule has 0 aliphatic carbocycles. The Morgan fingerprint density at radius 1 is 1.10 bits per heavy atom. The Hall–Kier alpha value is -2.16. The molecular weight excluding hydrogens is 424 g/mol. The Balaban J connectivity index is 1.35. The number of amides is 1. The summed E-state index contributed by atoms with van der Waals surface area (Å²) >= 11 is 4.57. The molecule has 1 aromatic carbocycles. The van der Waals surface area contributed by atoms with Crippen molar-refractivity contribution < 1.29 is 14.3 Å². The number of thiophene rings is 1. The largest absolute Gasteiger partial charge is 0.456 e. The van der Waals surface area contributed by atoms with Gasteiger partial charge < -0.3 is 9.64 Å². The molecule has 0 unspecified atom stereocenters. The first kappa shape index (κ1) is 20.1. The number of ether oxygens (including phenoxy) is 1. The van der Waals surface area contributed by atoms with E-state index >= 15 is 0 Å². The van der Waals surface area contributed by atoms with Crippen LogP contribution in [0.15, 0.2) is 52.1 Å². The van der Waals surface area contributed by atoms with Crippen LogP contribution in [0.3, 0.4) is 0 Å². The molecular formula is C21H20N2O3S3. The summed E-state index contributed by atoms with van der Waals surface area (Å²) in [6, 6.07) is 11.3. The quantitative estimate of drug-likeness (QED) is 0.381. The standard InChI is InChI=1S/C21H20N2O3S3/c24-19(23-9-3-4-10-23)14-28-17-7-2-1-6-16(17)21(25)26-12-15-13-29-20(22-15)18-8-5-11-27-18/h1-2,5-8,11,13H,3-4,9-10,12,14H2. The topological polar surface area (TPSA) is 59.5 Å². The lowest BCUT2D eigenvalue weighted by molar-refractivity contribution is -0.127. The van der Waals surface area contributed by atoms with Crippen molar-refractivity contribution in [2.75, 3.05) is 18.8 Å². The first-order chi connectivity index (χ1) is 14.2. The molecule has 2 aromatic heterocycles. The van der Waals surface area contributed by atoms with E-state index in [9.17, 15) is 9.59 Å². The van der Waals surface area contributed by atoms with E-state index in [2.05, 4.69) is 4.98 Å². The van der Waals surface area contributed by atoms with Crippen molar-refractivity contribution in [3.63, 3.8) is 0 Å². The number of carbonyl (C=O) groups excluding carboxylic acids is 2. The fourth-order valence-electron chi connectivity index (χ4n) is 3.06. The normalized spacial score (nSPS) is 13.6. The van der Waals surface area contributed by atoms with Gasteiger partial charge in [0.25, 0.3) is 0 Å². The number of hydrogen-bond acceptors (Lipinski definition) is 7. The summed E-state index contributed by atoms with van der Waals surface area (Å²) in [6.45, 7) is 1.81. The van der Waals surface area contributed by atoms with Gasteiger partial charge in [-0.05, 0) is 36.4 Å².